The molecular formula is C28H30F2O2. The fraction of sp³-hybridized carbons (Fsp3) is 0.393. The van der Waals surface area contributed by atoms with Crippen molar-refractivity contribution >= 4 is 16.7 Å². The lowest BCUT2D eigenvalue weighted by Gasteiger charge is -2.29. The van der Waals surface area contributed by atoms with Gasteiger partial charge in [-0.05, 0) is 90.3 Å². The van der Waals surface area contributed by atoms with Gasteiger partial charge in [0.15, 0.2) is 11.6 Å². The summed E-state index contributed by atoms with van der Waals surface area (Å²) in [6, 6.07) is 14.7. The summed E-state index contributed by atoms with van der Waals surface area (Å²) in [5, 5.41) is 1.03. The SMILES string of the molecule is CCCCCC1CCC(c2ccc(C(=O)Oc3ccc4cc(F)c(F)cc4c3)cc2)CC1. The summed E-state index contributed by atoms with van der Waals surface area (Å²) in [6.45, 7) is 2.25. The summed E-state index contributed by atoms with van der Waals surface area (Å²) >= 11 is 0. The van der Waals surface area contributed by atoms with Gasteiger partial charge in [-0.3, -0.25) is 0 Å². The van der Waals surface area contributed by atoms with E-state index in [4.69, 9.17) is 4.74 Å². The van der Waals surface area contributed by atoms with Gasteiger partial charge in [0.25, 0.3) is 0 Å². The number of halogens is 2. The molecule has 0 heterocycles. The van der Waals surface area contributed by atoms with Crippen LogP contribution in [0, 0.1) is 17.6 Å². The average Bonchev–Trinajstić information content (AvgIpc) is 2.81. The van der Waals surface area contributed by atoms with Gasteiger partial charge in [-0.15, -0.1) is 0 Å². The van der Waals surface area contributed by atoms with E-state index in [0.717, 1.165) is 18.1 Å². The minimum absolute atomic E-state index is 0.305. The molecule has 3 aromatic carbocycles. The first-order valence-corrected chi connectivity index (χ1v) is 11.7. The normalized spacial score (nSPS) is 18.6. The van der Waals surface area contributed by atoms with Crippen molar-refractivity contribution in [1.82, 2.24) is 0 Å². The van der Waals surface area contributed by atoms with E-state index in [1.54, 1.807) is 18.2 Å². The average molecular weight is 437 g/mol. The van der Waals surface area contributed by atoms with Crippen LogP contribution < -0.4 is 4.74 Å². The molecule has 2 nitrogen and oxygen atoms in total. The number of benzene rings is 3. The molecule has 32 heavy (non-hydrogen) atoms. The van der Waals surface area contributed by atoms with E-state index in [1.807, 2.05) is 24.3 Å². The van der Waals surface area contributed by atoms with Crippen molar-refractivity contribution in [2.24, 2.45) is 5.92 Å². The van der Waals surface area contributed by atoms with Gasteiger partial charge in [-0.1, -0.05) is 50.8 Å². The molecule has 1 aliphatic rings. The van der Waals surface area contributed by atoms with Crippen LogP contribution in [-0.4, -0.2) is 5.97 Å². The first-order chi connectivity index (χ1) is 15.5. The van der Waals surface area contributed by atoms with Gasteiger partial charge < -0.3 is 4.74 Å². The summed E-state index contributed by atoms with van der Waals surface area (Å²) in [6.07, 6.45) is 10.4. The zero-order chi connectivity index (χ0) is 22.5. The summed E-state index contributed by atoms with van der Waals surface area (Å²) < 4.78 is 32.3. The van der Waals surface area contributed by atoms with E-state index in [-0.39, 0.29) is 0 Å². The van der Waals surface area contributed by atoms with Crippen molar-refractivity contribution in [2.75, 3.05) is 0 Å². The second-order valence-corrected chi connectivity index (χ2v) is 9.00. The molecule has 1 aliphatic carbocycles. The Kier molecular flexibility index (Phi) is 7.19. The standard InChI is InChI=1S/C28H30F2O2/c1-2-3-4-5-19-6-8-20(9-7-19)21-10-12-22(13-11-21)28(31)32-25-15-14-23-17-26(29)27(30)18-24(23)16-25/h10-20H,2-9H2,1H3. The zero-order valence-corrected chi connectivity index (χ0v) is 18.6. The smallest absolute Gasteiger partial charge is 0.343 e. The molecule has 3 aromatic rings. The Hall–Kier alpha value is -2.75. The lowest BCUT2D eigenvalue weighted by Crippen LogP contribution is -2.14. The number of fused-ring (bicyclic) bond motifs is 1. The second-order valence-electron chi connectivity index (χ2n) is 9.00. The summed E-state index contributed by atoms with van der Waals surface area (Å²) in [5.41, 5.74) is 1.77. The van der Waals surface area contributed by atoms with E-state index in [9.17, 15) is 13.6 Å². The Morgan fingerprint density at radius 3 is 2.25 bits per heavy atom. The van der Waals surface area contributed by atoms with Crippen molar-refractivity contribution in [3.05, 3.63) is 77.4 Å². The van der Waals surface area contributed by atoms with Crippen LogP contribution in [0.2, 0.25) is 0 Å². The lowest BCUT2D eigenvalue weighted by atomic mass is 9.77. The second kappa shape index (κ2) is 10.2. The number of hydrogen-bond donors (Lipinski definition) is 0. The molecule has 4 rings (SSSR count). The molecule has 0 unspecified atom stereocenters. The number of esters is 1. The summed E-state index contributed by atoms with van der Waals surface area (Å²) in [4.78, 5) is 12.6. The Morgan fingerprint density at radius 2 is 1.56 bits per heavy atom. The highest BCUT2D eigenvalue weighted by molar-refractivity contribution is 5.92. The molecule has 168 valence electrons. The van der Waals surface area contributed by atoms with Gasteiger partial charge >= 0.3 is 5.97 Å². The predicted octanol–water partition coefficient (Wildman–Crippen LogP) is 8.19. The van der Waals surface area contributed by atoms with Crippen LogP contribution in [0.5, 0.6) is 5.75 Å². The maximum absolute atomic E-state index is 13.5. The minimum atomic E-state index is -0.924. The molecule has 1 fully saturated rings. The molecule has 0 N–H and O–H groups in total. The van der Waals surface area contributed by atoms with Crippen molar-refractivity contribution in [1.29, 1.82) is 0 Å². The lowest BCUT2D eigenvalue weighted by molar-refractivity contribution is 0.0735. The molecular weight excluding hydrogens is 406 g/mol. The van der Waals surface area contributed by atoms with Crippen LogP contribution in [-0.2, 0) is 0 Å². The van der Waals surface area contributed by atoms with Gasteiger partial charge in [0.05, 0.1) is 5.56 Å². The molecule has 4 heteroatoms. The first-order valence-electron chi connectivity index (χ1n) is 11.7. The van der Waals surface area contributed by atoms with Crippen molar-refractivity contribution in [3.63, 3.8) is 0 Å². The van der Waals surface area contributed by atoms with Gasteiger partial charge in [-0.25, -0.2) is 13.6 Å². The zero-order valence-electron chi connectivity index (χ0n) is 18.6. The quantitative estimate of drug-likeness (QED) is 0.212. The number of hydrogen-bond acceptors (Lipinski definition) is 2. The van der Waals surface area contributed by atoms with Crippen molar-refractivity contribution in [2.45, 2.75) is 64.2 Å². The van der Waals surface area contributed by atoms with Crippen LogP contribution in [0.4, 0.5) is 8.78 Å². The number of carbonyl (C=O) groups is 1. The number of ether oxygens (including phenoxy) is 1. The van der Waals surface area contributed by atoms with Crippen LogP contribution in [0.1, 0.15) is 80.1 Å². The highest BCUT2D eigenvalue weighted by Crippen LogP contribution is 2.37. The molecule has 0 atom stereocenters. The Balaban J connectivity index is 1.35. The van der Waals surface area contributed by atoms with Crippen molar-refractivity contribution < 1.29 is 18.3 Å². The maximum atomic E-state index is 13.5. The van der Waals surface area contributed by atoms with Crippen LogP contribution >= 0.6 is 0 Å². The highest BCUT2D eigenvalue weighted by Gasteiger charge is 2.22. The maximum Gasteiger partial charge on any atom is 0.343 e. The van der Waals surface area contributed by atoms with E-state index in [0.29, 0.717) is 28.0 Å². The predicted molar refractivity (Wildman–Crippen MR) is 124 cm³/mol. The number of rotatable bonds is 7. The van der Waals surface area contributed by atoms with Crippen LogP contribution in [0.25, 0.3) is 10.8 Å². The third kappa shape index (κ3) is 5.35. The molecule has 0 spiro atoms. The Morgan fingerprint density at radius 1 is 0.875 bits per heavy atom. The molecule has 0 saturated heterocycles. The fourth-order valence-corrected chi connectivity index (χ4v) is 4.81. The fourth-order valence-electron chi connectivity index (χ4n) is 4.81. The monoisotopic (exact) mass is 436 g/mol. The largest absolute Gasteiger partial charge is 0.423 e. The van der Waals surface area contributed by atoms with E-state index < -0.39 is 17.6 Å². The summed E-state index contributed by atoms with van der Waals surface area (Å²) in [7, 11) is 0. The number of carbonyl (C=O) groups excluding carboxylic acids is 1. The molecule has 0 amide bonds. The minimum Gasteiger partial charge on any atom is -0.423 e. The van der Waals surface area contributed by atoms with E-state index >= 15 is 0 Å². The molecule has 0 bridgehead atoms. The molecule has 0 aliphatic heterocycles. The Bertz CT molecular complexity index is 1070. The molecule has 0 radical (unpaired) electrons. The van der Waals surface area contributed by atoms with Crippen molar-refractivity contribution in [3.8, 4) is 5.75 Å². The van der Waals surface area contributed by atoms with E-state index in [1.165, 1.54) is 56.9 Å². The third-order valence-corrected chi connectivity index (χ3v) is 6.74. The Labute approximate surface area is 188 Å². The van der Waals surface area contributed by atoms with Gasteiger partial charge in [-0.2, -0.15) is 0 Å². The topological polar surface area (TPSA) is 26.3 Å². The van der Waals surface area contributed by atoms with Gasteiger partial charge in [0.2, 0.25) is 0 Å². The first kappa shape index (κ1) is 22.4. The summed E-state index contributed by atoms with van der Waals surface area (Å²) in [5.74, 6) is -0.534. The van der Waals surface area contributed by atoms with Crippen LogP contribution in [0.3, 0.4) is 0 Å². The van der Waals surface area contributed by atoms with Gasteiger partial charge in [0.1, 0.15) is 5.75 Å². The van der Waals surface area contributed by atoms with Gasteiger partial charge in [0, 0.05) is 0 Å². The molecule has 1 saturated carbocycles. The van der Waals surface area contributed by atoms with E-state index in [2.05, 4.69) is 6.92 Å². The number of unbranched alkanes of at least 4 members (excludes halogenated alkanes) is 2. The third-order valence-electron chi connectivity index (χ3n) is 6.74. The molecule has 0 aromatic heterocycles. The highest BCUT2D eigenvalue weighted by atomic mass is 19.2. The van der Waals surface area contributed by atoms with Crippen LogP contribution in [0.15, 0.2) is 54.6 Å².